The van der Waals surface area contributed by atoms with Crippen LogP contribution in [0.2, 0.25) is 0 Å². The van der Waals surface area contributed by atoms with Crippen LogP contribution in [-0.2, 0) is 16.1 Å². The molecule has 1 heterocycles. The first-order chi connectivity index (χ1) is 10.2. The monoisotopic (exact) mass is 324 g/mol. The molecule has 0 N–H and O–H groups in total. The number of hydrogen-bond acceptors (Lipinski definition) is 4. The van der Waals surface area contributed by atoms with Crippen molar-refractivity contribution in [2.24, 2.45) is 0 Å². The highest BCUT2D eigenvalue weighted by Gasteiger charge is 2.16. The van der Waals surface area contributed by atoms with E-state index in [0.29, 0.717) is 25.5 Å². The van der Waals surface area contributed by atoms with Crippen LogP contribution in [0.3, 0.4) is 0 Å². The molecule has 0 spiro atoms. The fourth-order valence-corrected chi connectivity index (χ4v) is 3.21. The number of hydrogen-bond donors (Lipinski definition) is 0. The second-order valence-electron chi connectivity index (χ2n) is 4.89. The highest BCUT2D eigenvalue weighted by molar-refractivity contribution is 8.23. The van der Waals surface area contributed by atoms with Gasteiger partial charge in [0.05, 0.1) is 19.0 Å². The predicted molar refractivity (Wildman–Crippen MR) is 90.4 cm³/mol. The number of morpholine rings is 1. The third-order valence-corrected chi connectivity index (χ3v) is 4.78. The van der Waals surface area contributed by atoms with Gasteiger partial charge in [-0.3, -0.25) is 4.79 Å². The van der Waals surface area contributed by atoms with Crippen LogP contribution in [-0.4, -0.2) is 59.1 Å². The fraction of sp³-hybridized carbons (Fsp3) is 0.467. The third-order valence-electron chi connectivity index (χ3n) is 3.28. The van der Waals surface area contributed by atoms with Gasteiger partial charge in [0.25, 0.3) is 0 Å². The SMILES string of the molecule is CN(Cc1ccccc1)C(=O)CSC(=S)N1CCOCC1. The summed E-state index contributed by atoms with van der Waals surface area (Å²) in [6.07, 6.45) is 0. The molecule has 1 aromatic rings. The molecule has 21 heavy (non-hydrogen) atoms. The lowest BCUT2D eigenvalue weighted by atomic mass is 10.2. The van der Waals surface area contributed by atoms with Crippen molar-refractivity contribution < 1.29 is 9.53 Å². The molecular weight excluding hydrogens is 304 g/mol. The van der Waals surface area contributed by atoms with Gasteiger partial charge < -0.3 is 14.5 Å². The van der Waals surface area contributed by atoms with Crippen LogP contribution < -0.4 is 0 Å². The molecule has 0 saturated carbocycles. The average molecular weight is 324 g/mol. The Hall–Kier alpha value is -1.11. The molecule has 0 atom stereocenters. The summed E-state index contributed by atoms with van der Waals surface area (Å²) in [5.41, 5.74) is 1.13. The zero-order chi connectivity index (χ0) is 15.1. The predicted octanol–water partition coefficient (Wildman–Crippen LogP) is 2.00. The Balaban J connectivity index is 1.74. The lowest BCUT2D eigenvalue weighted by molar-refractivity contribution is -0.127. The standard InChI is InChI=1S/C15H20N2O2S2/c1-16(11-13-5-3-2-4-6-13)14(18)12-21-15(20)17-7-9-19-10-8-17/h2-6H,7-12H2,1H3. The zero-order valence-corrected chi connectivity index (χ0v) is 13.8. The van der Waals surface area contributed by atoms with Crippen molar-refractivity contribution in [1.29, 1.82) is 0 Å². The highest BCUT2D eigenvalue weighted by atomic mass is 32.2. The van der Waals surface area contributed by atoms with E-state index in [2.05, 4.69) is 4.90 Å². The maximum Gasteiger partial charge on any atom is 0.233 e. The summed E-state index contributed by atoms with van der Waals surface area (Å²) in [4.78, 5) is 16.0. The quantitative estimate of drug-likeness (QED) is 0.791. The normalized spacial score (nSPS) is 14.8. The summed E-state index contributed by atoms with van der Waals surface area (Å²) in [5.74, 6) is 0.485. The molecule has 2 rings (SSSR count). The first kappa shape index (κ1) is 16.3. The number of nitrogens with zero attached hydrogens (tertiary/aromatic N) is 2. The van der Waals surface area contributed by atoms with Gasteiger partial charge in [-0.25, -0.2) is 0 Å². The van der Waals surface area contributed by atoms with Gasteiger partial charge in [0.1, 0.15) is 4.32 Å². The van der Waals surface area contributed by atoms with E-state index in [1.54, 1.807) is 4.90 Å². The van der Waals surface area contributed by atoms with Crippen molar-refractivity contribution in [3.63, 3.8) is 0 Å². The molecule has 4 nitrogen and oxygen atoms in total. The topological polar surface area (TPSA) is 32.8 Å². The number of rotatable bonds is 4. The van der Waals surface area contributed by atoms with E-state index in [-0.39, 0.29) is 5.91 Å². The molecule has 0 aromatic heterocycles. The second kappa shape index (κ2) is 8.36. The van der Waals surface area contributed by atoms with E-state index >= 15 is 0 Å². The van der Waals surface area contributed by atoms with Gasteiger partial charge in [0, 0.05) is 26.7 Å². The minimum atomic E-state index is 0.0967. The Bertz CT molecular complexity index is 476. The lowest BCUT2D eigenvalue weighted by Gasteiger charge is -2.28. The summed E-state index contributed by atoms with van der Waals surface area (Å²) >= 11 is 6.81. The minimum absolute atomic E-state index is 0.0967. The van der Waals surface area contributed by atoms with E-state index in [1.807, 2.05) is 37.4 Å². The molecular formula is C15H20N2O2S2. The van der Waals surface area contributed by atoms with Gasteiger partial charge in [-0.2, -0.15) is 0 Å². The van der Waals surface area contributed by atoms with Gasteiger partial charge in [0.15, 0.2) is 0 Å². The molecule has 114 valence electrons. The van der Waals surface area contributed by atoms with Gasteiger partial charge in [-0.05, 0) is 5.56 Å². The molecule has 1 saturated heterocycles. The van der Waals surface area contributed by atoms with Gasteiger partial charge in [0.2, 0.25) is 5.91 Å². The Kier molecular flexibility index (Phi) is 6.48. The van der Waals surface area contributed by atoms with Crippen LogP contribution in [0.25, 0.3) is 0 Å². The van der Waals surface area contributed by atoms with Crippen molar-refractivity contribution in [2.75, 3.05) is 39.1 Å². The first-order valence-electron chi connectivity index (χ1n) is 6.94. The van der Waals surface area contributed by atoms with E-state index in [1.165, 1.54) is 11.8 Å². The summed E-state index contributed by atoms with van der Waals surface area (Å²) in [6, 6.07) is 9.98. The summed E-state index contributed by atoms with van der Waals surface area (Å²) in [7, 11) is 1.83. The molecule has 0 radical (unpaired) electrons. The summed E-state index contributed by atoms with van der Waals surface area (Å²) < 4.78 is 6.09. The first-order valence-corrected chi connectivity index (χ1v) is 8.33. The molecule has 1 aliphatic heterocycles. The number of carbonyl (C=O) groups excluding carboxylic acids is 1. The lowest BCUT2D eigenvalue weighted by Crippen LogP contribution is -2.39. The minimum Gasteiger partial charge on any atom is -0.378 e. The van der Waals surface area contributed by atoms with Crippen LogP contribution in [0, 0.1) is 0 Å². The maximum atomic E-state index is 12.1. The molecule has 1 aliphatic rings. The summed E-state index contributed by atoms with van der Waals surface area (Å²) in [5, 5.41) is 0. The van der Waals surface area contributed by atoms with Crippen molar-refractivity contribution >= 4 is 34.2 Å². The number of ether oxygens (including phenoxy) is 1. The molecule has 1 fully saturated rings. The molecule has 0 bridgehead atoms. The van der Waals surface area contributed by atoms with Gasteiger partial charge >= 0.3 is 0 Å². The zero-order valence-electron chi connectivity index (χ0n) is 12.2. The number of carbonyl (C=O) groups is 1. The fourth-order valence-electron chi connectivity index (χ4n) is 2.02. The summed E-state index contributed by atoms with van der Waals surface area (Å²) in [6.45, 7) is 3.69. The van der Waals surface area contributed by atoms with Crippen LogP contribution in [0.1, 0.15) is 5.56 Å². The molecule has 1 amide bonds. The highest BCUT2D eigenvalue weighted by Crippen LogP contribution is 2.13. The van der Waals surface area contributed by atoms with Gasteiger partial charge in [-0.1, -0.05) is 54.3 Å². The van der Waals surface area contributed by atoms with E-state index in [9.17, 15) is 4.79 Å². The number of thioether (sulfide) groups is 1. The average Bonchev–Trinajstić information content (AvgIpc) is 2.54. The third kappa shape index (κ3) is 5.30. The smallest absolute Gasteiger partial charge is 0.233 e. The molecule has 0 unspecified atom stereocenters. The molecule has 1 aromatic carbocycles. The van der Waals surface area contributed by atoms with Crippen LogP contribution in [0.5, 0.6) is 0 Å². The Morgan fingerprint density at radius 2 is 2.00 bits per heavy atom. The van der Waals surface area contributed by atoms with Crippen molar-refractivity contribution in [3.8, 4) is 0 Å². The number of benzene rings is 1. The molecule has 6 heteroatoms. The Morgan fingerprint density at radius 3 is 2.67 bits per heavy atom. The Labute approximate surface area is 135 Å². The van der Waals surface area contributed by atoms with E-state index < -0.39 is 0 Å². The Morgan fingerprint density at radius 1 is 1.33 bits per heavy atom. The van der Waals surface area contributed by atoms with E-state index in [4.69, 9.17) is 17.0 Å². The van der Waals surface area contributed by atoms with Gasteiger partial charge in [-0.15, -0.1) is 0 Å². The van der Waals surface area contributed by atoms with Crippen molar-refractivity contribution in [2.45, 2.75) is 6.54 Å². The second-order valence-corrected chi connectivity index (χ2v) is 6.50. The largest absolute Gasteiger partial charge is 0.378 e. The van der Waals surface area contributed by atoms with Crippen LogP contribution in [0.4, 0.5) is 0 Å². The van der Waals surface area contributed by atoms with Crippen LogP contribution in [0.15, 0.2) is 30.3 Å². The van der Waals surface area contributed by atoms with Crippen molar-refractivity contribution in [1.82, 2.24) is 9.80 Å². The van der Waals surface area contributed by atoms with E-state index in [0.717, 1.165) is 23.0 Å². The number of thiocarbonyl (C=S) groups is 1. The molecule has 0 aliphatic carbocycles. The van der Waals surface area contributed by atoms with Crippen LogP contribution >= 0.6 is 24.0 Å². The van der Waals surface area contributed by atoms with Crippen molar-refractivity contribution in [3.05, 3.63) is 35.9 Å². The number of amides is 1. The maximum absolute atomic E-state index is 12.1.